The van der Waals surface area contributed by atoms with Crippen molar-refractivity contribution >= 4 is 10.9 Å². The molecule has 0 bridgehead atoms. The second-order valence-electron chi connectivity index (χ2n) is 5.96. The van der Waals surface area contributed by atoms with Gasteiger partial charge in [-0.2, -0.15) is 0 Å². The molecule has 0 aliphatic heterocycles. The average molecular weight is 346 g/mol. The van der Waals surface area contributed by atoms with E-state index in [1.807, 2.05) is 30.5 Å². The summed E-state index contributed by atoms with van der Waals surface area (Å²) in [7, 11) is 0. The molecule has 0 radical (unpaired) electrons. The Morgan fingerprint density at radius 2 is 2.04 bits per heavy atom. The minimum atomic E-state index is -0.764. The van der Waals surface area contributed by atoms with Crippen LogP contribution in [0.1, 0.15) is 18.5 Å². The molecule has 3 aromatic rings. The van der Waals surface area contributed by atoms with Crippen molar-refractivity contribution in [2.24, 2.45) is 0 Å². The van der Waals surface area contributed by atoms with Gasteiger partial charge in [0.2, 0.25) is 0 Å². The molecule has 2 atom stereocenters. The first-order valence-corrected chi connectivity index (χ1v) is 8.10. The molecule has 0 amide bonds. The van der Waals surface area contributed by atoms with Crippen molar-refractivity contribution in [3.05, 3.63) is 65.9 Å². The first-order chi connectivity index (χ1) is 12.0. The van der Waals surface area contributed by atoms with E-state index in [-0.39, 0.29) is 19.2 Å². The summed E-state index contributed by atoms with van der Waals surface area (Å²) in [6, 6.07) is 10.7. The second kappa shape index (κ2) is 7.63. The molecule has 3 rings (SSSR count). The fraction of sp³-hybridized carbons (Fsp3) is 0.263. The van der Waals surface area contributed by atoms with Crippen molar-refractivity contribution in [2.75, 3.05) is 13.2 Å². The molecule has 0 saturated carbocycles. The van der Waals surface area contributed by atoms with Crippen LogP contribution in [0.15, 0.2) is 48.7 Å². The van der Waals surface area contributed by atoms with Gasteiger partial charge in [0.1, 0.15) is 30.1 Å². The zero-order valence-electron chi connectivity index (χ0n) is 13.8. The standard InChI is InChI=1S/C19H20F2N2O2/c1-12(15-6-5-13(20)9-17(15)21)23-10-14(24)11-25-19-4-2-3-18-16(19)7-8-22-18/h2-9,12,14,22-24H,10-11H2,1H3. The number of H-pyrrole nitrogens is 1. The number of ether oxygens (including phenoxy) is 1. The molecule has 4 nitrogen and oxygen atoms in total. The Morgan fingerprint density at radius 1 is 1.20 bits per heavy atom. The summed E-state index contributed by atoms with van der Waals surface area (Å²) >= 11 is 0. The third kappa shape index (κ3) is 4.15. The number of benzene rings is 2. The van der Waals surface area contributed by atoms with Crippen molar-refractivity contribution in [3.8, 4) is 5.75 Å². The average Bonchev–Trinajstić information content (AvgIpc) is 3.07. The fourth-order valence-electron chi connectivity index (χ4n) is 2.70. The molecule has 2 unspecified atom stereocenters. The van der Waals surface area contributed by atoms with E-state index in [4.69, 9.17) is 4.74 Å². The number of rotatable bonds is 7. The lowest BCUT2D eigenvalue weighted by atomic mass is 10.1. The summed E-state index contributed by atoms with van der Waals surface area (Å²) in [5, 5.41) is 14.1. The van der Waals surface area contributed by atoms with Crippen molar-refractivity contribution in [1.29, 1.82) is 0 Å². The van der Waals surface area contributed by atoms with E-state index in [9.17, 15) is 13.9 Å². The predicted octanol–water partition coefficient (Wildman–Crippen LogP) is 3.54. The second-order valence-corrected chi connectivity index (χ2v) is 5.96. The van der Waals surface area contributed by atoms with Gasteiger partial charge in [0, 0.05) is 41.3 Å². The molecule has 0 aliphatic rings. The van der Waals surface area contributed by atoms with E-state index in [2.05, 4.69) is 10.3 Å². The minimum absolute atomic E-state index is 0.107. The summed E-state index contributed by atoms with van der Waals surface area (Å²) in [6.45, 7) is 2.08. The lowest BCUT2D eigenvalue weighted by Gasteiger charge is -2.18. The number of aromatic nitrogens is 1. The largest absolute Gasteiger partial charge is 0.490 e. The van der Waals surface area contributed by atoms with Crippen LogP contribution >= 0.6 is 0 Å². The summed E-state index contributed by atoms with van der Waals surface area (Å²) < 4.78 is 32.4. The zero-order chi connectivity index (χ0) is 17.8. The number of nitrogens with one attached hydrogen (secondary N) is 2. The number of halogens is 2. The number of aliphatic hydroxyl groups excluding tert-OH is 1. The van der Waals surface area contributed by atoms with E-state index in [1.54, 1.807) is 6.92 Å². The van der Waals surface area contributed by atoms with Gasteiger partial charge in [0.15, 0.2) is 0 Å². The highest BCUT2D eigenvalue weighted by molar-refractivity contribution is 5.85. The van der Waals surface area contributed by atoms with Gasteiger partial charge in [-0.1, -0.05) is 12.1 Å². The molecular formula is C19H20F2N2O2. The molecule has 1 heterocycles. The third-order valence-corrected chi connectivity index (χ3v) is 4.07. The normalized spacial score (nSPS) is 13.8. The van der Waals surface area contributed by atoms with Crippen molar-refractivity contribution in [2.45, 2.75) is 19.1 Å². The fourth-order valence-corrected chi connectivity index (χ4v) is 2.70. The maximum Gasteiger partial charge on any atom is 0.130 e. The molecule has 25 heavy (non-hydrogen) atoms. The lowest BCUT2D eigenvalue weighted by Crippen LogP contribution is -2.33. The molecule has 6 heteroatoms. The van der Waals surface area contributed by atoms with E-state index < -0.39 is 17.7 Å². The summed E-state index contributed by atoms with van der Waals surface area (Å²) in [6.07, 6.45) is 1.06. The minimum Gasteiger partial charge on any atom is -0.490 e. The Hall–Kier alpha value is -2.44. The van der Waals surface area contributed by atoms with Crippen LogP contribution in [-0.2, 0) is 0 Å². The highest BCUT2D eigenvalue weighted by Gasteiger charge is 2.14. The van der Waals surface area contributed by atoms with Crippen molar-refractivity contribution in [3.63, 3.8) is 0 Å². The van der Waals surface area contributed by atoms with Gasteiger partial charge in [-0.25, -0.2) is 8.78 Å². The van der Waals surface area contributed by atoms with Gasteiger partial charge in [-0.3, -0.25) is 0 Å². The predicted molar refractivity (Wildman–Crippen MR) is 92.6 cm³/mol. The quantitative estimate of drug-likeness (QED) is 0.613. The van der Waals surface area contributed by atoms with E-state index in [0.29, 0.717) is 11.3 Å². The number of fused-ring (bicyclic) bond motifs is 1. The van der Waals surface area contributed by atoms with Gasteiger partial charge in [0.05, 0.1) is 0 Å². The van der Waals surface area contributed by atoms with Crippen LogP contribution in [0.5, 0.6) is 5.75 Å². The molecule has 3 N–H and O–H groups in total. The molecule has 1 aromatic heterocycles. The monoisotopic (exact) mass is 346 g/mol. The van der Waals surface area contributed by atoms with Gasteiger partial charge >= 0.3 is 0 Å². The van der Waals surface area contributed by atoms with E-state index >= 15 is 0 Å². The molecule has 0 spiro atoms. The Bertz CT molecular complexity index is 850. The van der Waals surface area contributed by atoms with Crippen LogP contribution in [0.3, 0.4) is 0 Å². The highest BCUT2D eigenvalue weighted by atomic mass is 19.1. The van der Waals surface area contributed by atoms with E-state index in [1.165, 1.54) is 12.1 Å². The maximum atomic E-state index is 13.7. The van der Waals surface area contributed by atoms with Crippen molar-refractivity contribution < 1.29 is 18.6 Å². The summed E-state index contributed by atoms with van der Waals surface area (Å²) in [5.74, 6) is -0.527. The molecule has 0 aliphatic carbocycles. The Balaban J connectivity index is 1.52. The molecular weight excluding hydrogens is 326 g/mol. The Labute approximate surface area is 144 Å². The van der Waals surface area contributed by atoms with Crippen LogP contribution in [0, 0.1) is 11.6 Å². The summed E-state index contributed by atoms with van der Waals surface area (Å²) in [4.78, 5) is 3.10. The van der Waals surface area contributed by atoms with Crippen LogP contribution < -0.4 is 10.1 Å². The zero-order valence-corrected chi connectivity index (χ0v) is 13.8. The first kappa shape index (κ1) is 17.4. The summed E-state index contributed by atoms with van der Waals surface area (Å²) in [5.41, 5.74) is 1.32. The third-order valence-electron chi connectivity index (χ3n) is 4.07. The Kier molecular flexibility index (Phi) is 5.31. The molecule has 2 aromatic carbocycles. The molecule has 0 saturated heterocycles. The van der Waals surface area contributed by atoms with Gasteiger partial charge in [0.25, 0.3) is 0 Å². The number of hydrogen-bond donors (Lipinski definition) is 3. The number of hydrogen-bond acceptors (Lipinski definition) is 3. The van der Waals surface area contributed by atoms with Gasteiger partial charge in [-0.15, -0.1) is 0 Å². The van der Waals surface area contributed by atoms with E-state index in [0.717, 1.165) is 17.0 Å². The van der Waals surface area contributed by atoms with Gasteiger partial charge in [-0.05, 0) is 31.2 Å². The van der Waals surface area contributed by atoms with Crippen LogP contribution in [0.2, 0.25) is 0 Å². The van der Waals surface area contributed by atoms with Crippen LogP contribution in [0.4, 0.5) is 8.78 Å². The number of aromatic amines is 1. The van der Waals surface area contributed by atoms with Crippen LogP contribution in [0.25, 0.3) is 10.9 Å². The SMILES string of the molecule is CC(NCC(O)COc1cccc2[nH]ccc12)c1ccc(F)cc1F. The Morgan fingerprint density at radius 3 is 2.84 bits per heavy atom. The maximum absolute atomic E-state index is 13.7. The molecule has 132 valence electrons. The number of aliphatic hydroxyl groups is 1. The van der Waals surface area contributed by atoms with Crippen LogP contribution in [-0.4, -0.2) is 29.3 Å². The highest BCUT2D eigenvalue weighted by Crippen LogP contribution is 2.24. The molecule has 0 fully saturated rings. The lowest BCUT2D eigenvalue weighted by molar-refractivity contribution is 0.105. The van der Waals surface area contributed by atoms with Crippen molar-refractivity contribution in [1.82, 2.24) is 10.3 Å². The van der Waals surface area contributed by atoms with Gasteiger partial charge < -0.3 is 20.1 Å². The first-order valence-electron chi connectivity index (χ1n) is 8.10. The smallest absolute Gasteiger partial charge is 0.130 e. The topological polar surface area (TPSA) is 57.3 Å².